The number of nitrogens with one attached hydrogen (secondary N) is 1. The largest absolute Gasteiger partial charge is 0.478 e. The fourth-order valence-electron chi connectivity index (χ4n) is 2.58. The fourth-order valence-corrected chi connectivity index (χ4v) is 2.94. The van der Waals surface area contributed by atoms with Crippen LogP contribution in [0.15, 0.2) is 22.7 Å². The molecular weight excluding hydrogens is 308 g/mol. The van der Waals surface area contributed by atoms with E-state index in [0.717, 1.165) is 17.3 Å². The number of rotatable bonds is 3. The first-order valence-corrected chi connectivity index (χ1v) is 7.36. The maximum Gasteiger partial charge on any atom is 0.337 e. The van der Waals surface area contributed by atoms with Crippen molar-refractivity contribution in [3.05, 3.63) is 28.2 Å². The van der Waals surface area contributed by atoms with Gasteiger partial charge in [0.2, 0.25) is 0 Å². The SMILES string of the molecule is CC1CCCC(C)N1Nc1cc(Br)ccc1C(=O)O. The van der Waals surface area contributed by atoms with Crippen LogP contribution in [0, 0.1) is 0 Å². The zero-order valence-corrected chi connectivity index (χ0v) is 12.8. The number of nitrogens with zero attached hydrogens (tertiary/aromatic N) is 1. The molecule has 0 bridgehead atoms. The van der Waals surface area contributed by atoms with E-state index >= 15 is 0 Å². The van der Waals surface area contributed by atoms with E-state index in [-0.39, 0.29) is 0 Å². The summed E-state index contributed by atoms with van der Waals surface area (Å²) in [5.74, 6) is -0.910. The Bertz CT molecular complexity index is 469. The lowest BCUT2D eigenvalue weighted by Gasteiger charge is -2.39. The van der Waals surface area contributed by atoms with Crippen LogP contribution in [0.2, 0.25) is 0 Å². The molecule has 0 spiro atoms. The van der Waals surface area contributed by atoms with Gasteiger partial charge in [-0.2, -0.15) is 0 Å². The van der Waals surface area contributed by atoms with Crippen LogP contribution in [0.5, 0.6) is 0 Å². The molecule has 1 aliphatic heterocycles. The minimum Gasteiger partial charge on any atom is -0.478 e. The summed E-state index contributed by atoms with van der Waals surface area (Å²) in [5.41, 5.74) is 4.23. The molecule has 2 atom stereocenters. The first-order chi connectivity index (χ1) is 8.99. The third kappa shape index (κ3) is 3.28. The summed E-state index contributed by atoms with van der Waals surface area (Å²) in [7, 11) is 0. The Morgan fingerprint density at radius 2 is 2.00 bits per heavy atom. The molecule has 0 amide bonds. The van der Waals surface area contributed by atoms with Crippen molar-refractivity contribution in [2.75, 3.05) is 5.43 Å². The highest BCUT2D eigenvalue weighted by molar-refractivity contribution is 9.10. The van der Waals surface area contributed by atoms with Gasteiger partial charge >= 0.3 is 5.97 Å². The lowest BCUT2D eigenvalue weighted by molar-refractivity contribution is 0.0696. The van der Waals surface area contributed by atoms with Crippen LogP contribution in [0.1, 0.15) is 43.5 Å². The number of anilines is 1. The molecule has 0 radical (unpaired) electrons. The summed E-state index contributed by atoms with van der Waals surface area (Å²) >= 11 is 3.39. The van der Waals surface area contributed by atoms with Crippen LogP contribution in [-0.4, -0.2) is 28.2 Å². The Labute approximate surface area is 121 Å². The van der Waals surface area contributed by atoms with Crippen LogP contribution in [0.25, 0.3) is 0 Å². The van der Waals surface area contributed by atoms with Gasteiger partial charge < -0.3 is 10.5 Å². The molecule has 0 saturated carbocycles. The quantitative estimate of drug-likeness (QED) is 0.888. The van der Waals surface area contributed by atoms with Crippen molar-refractivity contribution >= 4 is 27.6 Å². The summed E-state index contributed by atoms with van der Waals surface area (Å²) in [5, 5.41) is 11.4. The monoisotopic (exact) mass is 326 g/mol. The summed E-state index contributed by atoms with van der Waals surface area (Å²) in [6.07, 6.45) is 3.49. The molecule has 0 aliphatic carbocycles. The van der Waals surface area contributed by atoms with E-state index < -0.39 is 5.97 Å². The van der Waals surface area contributed by atoms with Crippen molar-refractivity contribution in [3.8, 4) is 0 Å². The van der Waals surface area contributed by atoms with Gasteiger partial charge in [0.15, 0.2) is 0 Å². The van der Waals surface area contributed by atoms with Gasteiger partial charge in [-0.05, 0) is 44.9 Å². The number of piperidine rings is 1. The van der Waals surface area contributed by atoms with Gasteiger partial charge in [-0.3, -0.25) is 0 Å². The van der Waals surface area contributed by atoms with Gasteiger partial charge in [-0.25, -0.2) is 9.80 Å². The smallest absolute Gasteiger partial charge is 0.337 e. The topological polar surface area (TPSA) is 52.6 Å². The van der Waals surface area contributed by atoms with E-state index in [0.29, 0.717) is 23.3 Å². The first-order valence-electron chi connectivity index (χ1n) is 6.57. The molecule has 1 aromatic carbocycles. The van der Waals surface area contributed by atoms with Crippen molar-refractivity contribution in [1.29, 1.82) is 0 Å². The van der Waals surface area contributed by atoms with E-state index in [9.17, 15) is 9.90 Å². The lowest BCUT2D eigenvalue weighted by atomic mass is 10.00. The van der Waals surface area contributed by atoms with Crippen LogP contribution >= 0.6 is 15.9 Å². The molecule has 1 heterocycles. The molecule has 1 fully saturated rings. The van der Waals surface area contributed by atoms with Gasteiger partial charge in [-0.15, -0.1) is 0 Å². The van der Waals surface area contributed by atoms with Gasteiger partial charge in [-0.1, -0.05) is 22.4 Å². The minimum atomic E-state index is -0.910. The zero-order chi connectivity index (χ0) is 14.0. The number of carboxylic acid groups (broad SMARTS) is 1. The molecule has 104 valence electrons. The molecular formula is C14H19BrN2O2. The molecule has 0 aromatic heterocycles. The van der Waals surface area contributed by atoms with Gasteiger partial charge in [0.05, 0.1) is 11.3 Å². The van der Waals surface area contributed by atoms with Crippen molar-refractivity contribution in [3.63, 3.8) is 0 Å². The predicted octanol–water partition coefficient (Wildman–Crippen LogP) is 3.74. The Balaban J connectivity index is 2.26. The molecule has 1 aromatic rings. The highest BCUT2D eigenvalue weighted by atomic mass is 79.9. The van der Waals surface area contributed by atoms with E-state index in [1.165, 1.54) is 6.42 Å². The number of hydrazine groups is 1. The molecule has 2 rings (SSSR count). The average Bonchev–Trinajstić information content (AvgIpc) is 2.33. The average molecular weight is 327 g/mol. The van der Waals surface area contributed by atoms with Crippen molar-refractivity contribution < 1.29 is 9.90 Å². The Morgan fingerprint density at radius 3 is 2.58 bits per heavy atom. The van der Waals surface area contributed by atoms with Crippen LogP contribution in [0.4, 0.5) is 5.69 Å². The summed E-state index contributed by atoms with van der Waals surface area (Å²) < 4.78 is 0.873. The Morgan fingerprint density at radius 1 is 1.37 bits per heavy atom. The Hall–Kier alpha value is -1.07. The number of carbonyl (C=O) groups is 1. The van der Waals surface area contributed by atoms with Crippen molar-refractivity contribution in [2.24, 2.45) is 0 Å². The number of aromatic carboxylic acids is 1. The second-order valence-electron chi connectivity index (χ2n) is 5.14. The normalized spacial score (nSPS) is 24.2. The van der Waals surface area contributed by atoms with Gasteiger partial charge in [0.1, 0.15) is 0 Å². The van der Waals surface area contributed by atoms with Gasteiger partial charge in [0.25, 0.3) is 0 Å². The highest BCUT2D eigenvalue weighted by Gasteiger charge is 2.25. The molecule has 2 unspecified atom stereocenters. The number of hydrogen-bond acceptors (Lipinski definition) is 3. The van der Waals surface area contributed by atoms with Crippen LogP contribution < -0.4 is 5.43 Å². The lowest BCUT2D eigenvalue weighted by Crippen LogP contribution is -2.47. The minimum absolute atomic E-state index is 0.299. The summed E-state index contributed by atoms with van der Waals surface area (Å²) in [6.45, 7) is 4.34. The molecule has 1 saturated heterocycles. The number of carboxylic acids is 1. The third-order valence-corrected chi connectivity index (χ3v) is 4.15. The first kappa shape index (κ1) is 14.3. The van der Waals surface area contributed by atoms with Crippen LogP contribution in [-0.2, 0) is 0 Å². The van der Waals surface area contributed by atoms with Crippen molar-refractivity contribution in [2.45, 2.75) is 45.2 Å². The third-order valence-electron chi connectivity index (χ3n) is 3.66. The second-order valence-corrected chi connectivity index (χ2v) is 6.06. The number of hydrogen-bond donors (Lipinski definition) is 2. The maximum atomic E-state index is 11.3. The highest BCUT2D eigenvalue weighted by Crippen LogP contribution is 2.27. The number of halogens is 1. The van der Waals surface area contributed by atoms with E-state index in [2.05, 4.69) is 40.2 Å². The van der Waals surface area contributed by atoms with E-state index in [1.54, 1.807) is 12.1 Å². The molecule has 5 heteroatoms. The van der Waals surface area contributed by atoms with Gasteiger partial charge in [0, 0.05) is 16.6 Å². The van der Waals surface area contributed by atoms with Crippen molar-refractivity contribution in [1.82, 2.24) is 5.01 Å². The molecule has 2 N–H and O–H groups in total. The summed E-state index contributed by atoms with van der Waals surface area (Å²) in [6, 6.07) is 6.00. The molecule has 19 heavy (non-hydrogen) atoms. The second kappa shape index (κ2) is 5.92. The summed E-state index contributed by atoms with van der Waals surface area (Å²) in [4.78, 5) is 11.3. The maximum absolute atomic E-state index is 11.3. The number of benzene rings is 1. The molecule has 4 nitrogen and oxygen atoms in total. The predicted molar refractivity (Wildman–Crippen MR) is 79.3 cm³/mol. The molecule has 1 aliphatic rings. The van der Waals surface area contributed by atoms with E-state index in [4.69, 9.17) is 0 Å². The Kier molecular flexibility index (Phi) is 4.47. The zero-order valence-electron chi connectivity index (χ0n) is 11.2. The van der Waals surface area contributed by atoms with E-state index in [1.807, 2.05) is 6.07 Å². The standard InChI is InChI=1S/C14H19BrN2O2/c1-9-4-3-5-10(2)17(9)16-13-8-11(15)6-7-12(13)14(18)19/h6-10,16H,3-5H2,1-2H3,(H,18,19). The fraction of sp³-hybridized carbons (Fsp3) is 0.500. The van der Waals surface area contributed by atoms with Crippen LogP contribution in [0.3, 0.4) is 0 Å².